The van der Waals surface area contributed by atoms with Gasteiger partial charge in [0.15, 0.2) is 5.82 Å². The minimum Gasteiger partial charge on any atom is -0.391 e. The molecule has 0 spiro atoms. The van der Waals surface area contributed by atoms with Gasteiger partial charge in [-0.05, 0) is 32.4 Å². The molecule has 1 aliphatic heterocycles. The number of aromatic nitrogens is 2. The number of nitrogens with two attached hydrogens (primary N) is 1. The lowest BCUT2D eigenvalue weighted by atomic mass is 10.1. The van der Waals surface area contributed by atoms with Crippen LogP contribution in [0.1, 0.15) is 19.3 Å². The van der Waals surface area contributed by atoms with Crippen LogP contribution in [0.2, 0.25) is 0 Å². The normalized spacial score (nSPS) is 21.4. The molecule has 0 bridgehead atoms. The summed E-state index contributed by atoms with van der Waals surface area (Å²) in [6.45, 7) is 2.04. The van der Waals surface area contributed by atoms with Crippen LogP contribution in [0, 0.1) is 0 Å². The molecule has 1 aromatic heterocycles. The van der Waals surface area contributed by atoms with Crippen molar-refractivity contribution in [1.82, 2.24) is 15.3 Å². The van der Waals surface area contributed by atoms with E-state index in [1.54, 1.807) is 0 Å². The molecule has 6 heteroatoms. The van der Waals surface area contributed by atoms with Gasteiger partial charge in [-0.3, -0.25) is 4.79 Å². The Morgan fingerprint density at radius 1 is 1.44 bits per heavy atom. The highest BCUT2D eigenvalue weighted by Gasteiger charge is 2.14. The number of hydrogen-bond donors (Lipinski definition) is 4. The quantitative estimate of drug-likeness (QED) is 0.562. The molecule has 0 aliphatic carbocycles. The number of nitrogens with one attached hydrogen (secondary N) is 3. The van der Waals surface area contributed by atoms with E-state index < -0.39 is 0 Å². The summed E-state index contributed by atoms with van der Waals surface area (Å²) in [7, 11) is 0. The highest BCUT2D eigenvalue weighted by molar-refractivity contribution is 5.59. The number of H-pyrrole nitrogens is 1. The molecular weight excluding hydrogens is 206 g/mol. The Morgan fingerprint density at radius 2 is 2.31 bits per heavy atom. The number of nitrogen functional groups attached to an aromatic ring is 1. The molecule has 1 saturated heterocycles. The third kappa shape index (κ3) is 2.52. The summed E-state index contributed by atoms with van der Waals surface area (Å²) in [6.07, 6.45) is 4.59. The second-order valence-corrected chi connectivity index (χ2v) is 4.02. The summed E-state index contributed by atoms with van der Waals surface area (Å²) < 4.78 is 0. The van der Waals surface area contributed by atoms with Crippen molar-refractivity contribution in [3.05, 3.63) is 16.7 Å². The van der Waals surface area contributed by atoms with Crippen LogP contribution >= 0.6 is 0 Å². The third-order valence-electron chi connectivity index (χ3n) is 2.81. The number of anilines is 2. The van der Waals surface area contributed by atoms with Crippen LogP contribution in [0.15, 0.2) is 11.1 Å². The first-order chi connectivity index (χ1) is 7.77. The van der Waals surface area contributed by atoms with E-state index in [1.807, 2.05) is 0 Å². The molecule has 1 fully saturated rings. The van der Waals surface area contributed by atoms with E-state index >= 15 is 0 Å². The van der Waals surface area contributed by atoms with Crippen LogP contribution in [0.3, 0.4) is 0 Å². The molecule has 88 valence electrons. The van der Waals surface area contributed by atoms with Crippen molar-refractivity contribution in [2.75, 3.05) is 24.1 Å². The summed E-state index contributed by atoms with van der Waals surface area (Å²) in [5.74, 6) is 0.496. The molecule has 0 aromatic carbocycles. The number of hydrogen-bond acceptors (Lipinski definition) is 5. The topological polar surface area (TPSA) is 95.8 Å². The number of nitrogens with zero attached hydrogens (tertiary/aromatic N) is 1. The lowest BCUT2D eigenvalue weighted by Gasteiger charge is -2.17. The molecule has 1 aliphatic rings. The number of rotatable bonds is 2. The summed E-state index contributed by atoms with van der Waals surface area (Å²) in [6, 6.07) is 0.339. The maximum absolute atomic E-state index is 11.3. The van der Waals surface area contributed by atoms with E-state index in [2.05, 4.69) is 20.6 Å². The fraction of sp³-hybridized carbons (Fsp3) is 0.600. The monoisotopic (exact) mass is 223 g/mol. The highest BCUT2D eigenvalue weighted by Crippen LogP contribution is 2.14. The van der Waals surface area contributed by atoms with Crippen molar-refractivity contribution in [3.63, 3.8) is 0 Å². The first-order valence-corrected chi connectivity index (χ1v) is 5.58. The van der Waals surface area contributed by atoms with Gasteiger partial charge in [0.05, 0.1) is 6.33 Å². The maximum Gasteiger partial charge on any atom is 0.276 e. The van der Waals surface area contributed by atoms with Gasteiger partial charge in [-0.15, -0.1) is 0 Å². The second kappa shape index (κ2) is 4.98. The molecule has 6 nitrogen and oxygen atoms in total. The molecule has 2 heterocycles. The Balaban J connectivity index is 2.07. The Labute approximate surface area is 93.7 Å². The second-order valence-electron chi connectivity index (χ2n) is 4.02. The highest BCUT2D eigenvalue weighted by atomic mass is 16.1. The van der Waals surface area contributed by atoms with Crippen molar-refractivity contribution in [3.8, 4) is 0 Å². The van der Waals surface area contributed by atoms with Gasteiger partial charge in [0.2, 0.25) is 0 Å². The Morgan fingerprint density at radius 3 is 3.19 bits per heavy atom. The smallest absolute Gasteiger partial charge is 0.276 e. The Hall–Kier alpha value is -1.56. The van der Waals surface area contributed by atoms with Gasteiger partial charge >= 0.3 is 0 Å². The van der Waals surface area contributed by atoms with Crippen LogP contribution in [0.25, 0.3) is 0 Å². The average Bonchev–Trinajstić information content (AvgIpc) is 2.53. The standard InChI is InChI=1S/C10H17N5O/c11-8-9(13-6-14-10(8)16)15-7-2-1-4-12-5-3-7/h6-7,12H,1-5,11H2,(H2,13,14,15,16). The van der Waals surface area contributed by atoms with Gasteiger partial charge in [-0.1, -0.05) is 0 Å². The van der Waals surface area contributed by atoms with Gasteiger partial charge < -0.3 is 21.4 Å². The van der Waals surface area contributed by atoms with E-state index in [-0.39, 0.29) is 11.2 Å². The van der Waals surface area contributed by atoms with Crippen LogP contribution in [-0.2, 0) is 0 Å². The molecule has 0 radical (unpaired) electrons. The summed E-state index contributed by atoms with van der Waals surface area (Å²) in [5, 5.41) is 6.56. The fourth-order valence-electron chi connectivity index (χ4n) is 1.88. The Kier molecular flexibility index (Phi) is 3.40. The average molecular weight is 223 g/mol. The summed E-state index contributed by atoms with van der Waals surface area (Å²) in [4.78, 5) is 17.8. The molecular formula is C10H17N5O. The van der Waals surface area contributed by atoms with Crippen molar-refractivity contribution in [1.29, 1.82) is 0 Å². The van der Waals surface area contributed by atoms with Crippen molar-refractivity contribution in [2.24, 2.45) is 0 Å². The molecule has 0 amide bonds. The van der Waals surface area contributed by atoms with E-state index in [1.165, 1.54) is 6.33 Å². The summed E-state index contributed by atoms with van der Waals surface area (Å²) in [5.41, 5.74) is 5.53. The van der Waals surface area contributed by atoms with Crippen LogP contribution in [0.5, 0.6) is 0 Å². The van der Waals surface area contributed by atoms with Crippen LogP contribution in [-0.4, -0.2) is 29.1 Å². The fourth-order valence-corrected chi connectivity index (χ4v) is 1.88. The van der Waals surface area contributed by atoms with Gasteiger partial charge in [-0.25, -0.2) is 4.98 Å². The zero-order valence-corrected chi connectivity index (χ0v) is 9.12. The van der Waals surface area contributed by atoms with Crippen molar-refractivity contribution >= 4 is 11.5 Å². The molecule has 1 atom stereocenters. The lowest BCUT2D eigenvalue weighted by Crippen LogP contribution is -2.25. The minimum absolute atomic E-state index is 0.166. The lowest BCUT2D eigenvalue weighted by molar-refractivity contribution is 0.635. The van der Waals surface area contributed by atoms with Gasteiger partial charge in [-0.2, -0.15) is 0 Å². The van der Waals surface area contributed by atoms with Gasteiger partial charge in [0, 0.05) is 6.04 Å². The first-order valence-electron chi connectivity index (χ1n) is 5.58. The van der Waals surface area contributed by atoms with Crippen molar-refractivity contribution in [2.45, 2.75) is 25.3 Å². The maximum atomic E-state index is 11.3. The molecule has 0 saturated carbocycles. The Bertz CT molecular complexity index is 394. The minimum atomic E-state index is -0.288. The summed E-state index contributed by atoms with van der Waals surface area (Å²) >= 11 is 0. The van der Waals surface area contributed by atoms with E-state index in [0.717, 1.165) is 32.4 Å². The van der Waals surface area contributed by atoms with E-state index in [4.69, 9.17) is 5.73 Å². The predicted octanol–water partition coefficient (Wildman–Crippen LogP) is -0.0939. The molecule has 2 rings (SSSR count). The van der Waals surface area contributed by atoms with Crippen LogP contribution < -0.4 is 21.9 Å². The number of aromatic amines is 1. The van der Waals surface area contributed by atoms with Crippen LogP contribution in [0.4, 0.5) is 11.5 Å². The van der Waals surface area contributed by atoms with E-state index in [0.29, 0.717) is 11.9 Å². The molecule has 1 unspecified atom stereocenters. The zero-order chi connectivity index (χ0) is 11.4. The molecule has 1 aromatic rings. The largest absolute Gasteiger partial charge is 0.391 e. The molecule has 5 N–H and O–H groups in total. The first kappa shape index (κ1) is 10.9. The molecule has 16 heavy (non-hydrogen) atoms. The predicted molar refractivity (Wildman–Crippen MR) is 63.4 cm³/mol. The third-order valence-corrected chi connectivity index (χ3v) is 2.81. The van der Waals surface area contributed by atoms with Crippen molar-refractivity contribution < 1.29 is 0 Å². The SMILES string of the molecule is Nc1c(NC2CCCNCC2)nc[nH]c1=O. The van der Waals surface area contributed by atoms with Gasteiger partial charge in [0.25, 0.3) is 5.56 Å². The van der Waals surface area contributed by atoms with E-state index in [9.17, 15) is 4.79 Å². The zero-order valence-electron chi connectivity index (χ0n) is 9.12. The van der Waals surface area contributed by atoms with Gasteiger partial charge in [0.1, 0.15) is 5.69 Å².